The highest BCUT2D eigenvalue weighted by Crippen LogP contribution is 2.31. The van der Waals surface area contributed by atoms with Gasteiger partial charge in [0.05, 0.1) is 14.2 Å². The number of carbonyl (C=O) groups is 2. The fourth-order valence-corrected chi connectivity index (χ4v) is 2.73. The second-order valence-electron chi connectivity index (χ2n) is 3.86. The normalized spacial score (nSPS) is 12.2. The Labute approximate surface area is 119 Å². The van der Waals surface area contributed by atoms with Crippen LogP contribution in [0.4, 0.5) is 0 Å². The molecule has 0 fully saturated rings. The van der Waals surface area contributed by atoms with Gasteiger partial charge >= 0.3 is 11.9 Å². The largest absolute Gasteiger partial charge is 0.468 e. The third kappa shape index (κ3) is 2.69. The van der Waals surface area contributed by atoms with E-state index in [-0.39, 0.29) is 0 Å². The second kappa shape index (κ2) is 6.29. The van der Waals surface area contributed by atoms with Gasteiger partial charge in [-0.3, -0.25) is 9.59 Å². The molecule has 0 amide bonds. The third-order valence-electron chi connectivity index (χ3n) is 2.78. The van der Waals surface area contributed by atoms with Gasteiger partial charge in [0.1, 0.15) is 18.7 Å². The van der Waals surface area contributed by atoms with Crippen LogP contribution in [0.15, 0.2) is 30.2 Å². The average Bonchev–Trinajstić information content (AvgIpc) is 3.16. The first-order valence-corrected chi connectivity index (χ1v) is 6.60. The molecule has 0 saturated carbocycles. The molecule has 0 N–H and O–H groups in total. The Hall–Kier alpha value is -2.22. The lowest BCUT2D eigenvalue weighted by molar-refractivity contribution is -0.160. The molecule has 2 aromatic heterocycles. The van der Waals surface area contributed by atoms with Gasteiger partial charge in [-0.2, -0.15) is 5.10 Å². The lowest BCUT2D eigenvalue weighted by Crippen LogP contribution is -2.35. The van der Waals surface area contributed by atoms with Crippen LogP contribution in [-0.4, -0.2) is 40.9 Å². The van der Waals surface area contributed by atoms with Crippen molar-refractivity contribution in [3.8, 4) is 0 Å². The van der Waals surface area contributed by atoms with E-state index in [1.807, 2.05) is 17.5 Å². The van der Waals surface area contributed by atoms with Crippen LogP contribution in [0.2, 0.25) is 0 Å². The minimum absolute atomic E-state index is 0.641. The maximum atomic E-state index is 12.0. The molecule has 2 rings (SSSR count). The van der Waals surface area contributed by atoms with Crippen molar-refractivity contribution in [2.45, 2.75) is 6.04 Å². The van der Waals surface area contributed by atoms with Crippen molar-refractivity contribution < 1.29 is 19.1 Å². The van der Waals surface area contributed by atoms with Crippen molar-refractivity contribution in [1.82, 2.24) is 14.8 Å². The summed E-state index contributed by atoms with van der Waals surface area (Å²) in [5.41, 5.74) is 0. The van der Waals surface area contributed by atoms with Crippen molar-refractivity contribution in [3.05, 3.63) is 35.0 Å². The summed E-state index contributed by atoms with van der Waals surface area (Å²) in [5, 5.41) is 5.88. The zero-order chi connectivity index (χ0) is 14.5. The maximum Gasteiger partial charge on any atom is 0.322 e. The van der Waals surface area contributed by atoms with Crippen molar-refractivity contribution in [2.75, 3.05) is 14.2 Å². The zero-order valence-electron chi connectivity index (χ0n) is 10.9. The molecule has 0 radical (unpaired) electrons. The van der Waals surface area contributed by atoms with Crippen molar-refractivity contribution in [3.63, 3.8) is 0 Å². The molecule has 0 saturated heterocycles. The van der Waals surface area contributed by atoms with E-state index < -0.39 is 23.9 Å². The Balaban J connectivity index is 2.48. The molecule has 1 unspecified atom stereocenters. The fraction of sp³-hybridized carbons (Fsp3) is 0.333. The van der Waals surface area contributed by atoms with Gasteiger partial charge in [0.15, 0.2) is 5.92 Å². The summed E-state index contributed by atoms with van der Waals surface area (Å²) in [6, 6.07) is 3.00. The summed E-state index contributed by atoms with van der Waals surface area (Å²) >= 11 is 1.41. The molecule has 0 aliphatic rings. The number of aromatic nitrogens is 3. The van der Waals surface area contributed by atoms with Crippen LogP contribution in [0.25, 0.3) is 0 Å². The van der Waals surface area contributed by atoms with Crippen LogP contribution in [0, 0.1) is 5.92 Å². The topological polar surface area (TPSA) is 83.3 Å². The van der Waals surface area contributed by atoms with E-state index in [1.165, 1.54) is 42.9 Å². The van der Waals surface area contributed by atoms with Crippen LogP contribution in [0.3, 0.4) is 0 Å². The molecule has 0 aliphatic carbocycles. The van der Waals surface area contributed by atoms with Crippen LogP contribution < -0.4 is 0 Å². The van der Waals surface area contributed by atoms with Gasteiger partial charge in [-0.25, -0.2) is 9.67 Å². The number of nitrogens with zero attached hydrogens (tertiary/aromatic N) is 3. The number of carbonyl (C=O) groups excluding carboxylic acids is 2. The van der Waals surface area contributed by atoms with Gasteiger partial charge < -0.3 is 9.47 Å². The van der Waals surface area contributed by atoms with Gasteiger partial charge in [-0.15, -0.1) is 11.3 Å². The molecular weight excluding hydrogens is 282 g/mol. The number of rotatable bonds is 5. The summed E-state index contributed by atoms with van der Waals surface area (Å²) < 4.78 is 10.9. The highest BCUT2D eigenvalue weighted by Gasteiger charge is 2.40. The monoisotopic (exact) mass is 295 g/mol. The first kappa shape index (κ1) is 14.2. The van der Waals surface area contributed by atoms with Gasteiger partial charge in [0.2, 0.25) is 0 Å². The van der Waals surface area contributed by atoms with E-state index in [9.17, 15) is 9.59 Å². The molecule has 0 aliphatic heterocycles. The number of hydrogen-bond acceptors (Lipinski definition) is 7. The molecule has 8 heteroatoms. The van der Waals surface area contributed by atoms with Gasteiger partial charge in [0.25, 0.3) is 0 Å². The highest BCUT2D eigenvalue weighted by molar-refractivity contribution is 7.10. The summed E-state index contributed by atoms with van der Waals surface area (Å²) in [6.45, 7) is 0. The van der Waals surface area contributed by atoms with Crippen LogP contribution in [0.1, 0.15) is 10.9 Å². The molecule has 1 atom stereocenters. The van der Waals surface area contributed by atoms with Crippen molar-refractivity contribution in [2.24, 2.45) is 5.92 Å². The van der Waals surface area contributed by atoms with E-state index in [0.29, 0.717) is 0 Å². The molecule has 106 valence electrons. The molecule has 2 heterocycles. The molecule has 20 heavy (non-hydrogen) atoms. The Morgan fingerprint density at radius 2 is 2.00 bits per heavy atom. The molecule has 0 spiro atoms. The van der Waals surface area contributed by atoms with E-state index >= 15 is 0 Å². The van der Waals surface area contributed by atoms with Gasteiger partial charge in [-0.1, -0.05) is 6.07 Å². The average molecular weight is 295 g/mol. The number of hydrogen-bond donors (Lipinski definition) is 0. The van der Waals surface area contributed by atoms with E-state index in [2.05, 4.69) is 10.1 Å². The minimum Gasteiger partial charge on any atom is -0.468 e. The first-order valence-electron chi connectivity index (χ1n) is 5.72. The van der Waals surface area contributed by atoms with Gasteiger partial charge in [-0.05, 0) is 11.4 Å². The molecule has 2 aromatic rings. The lowest BCUT2D eigenvalue weighted by Gasteiger charge is -2.22. The minimum atomic E-state index is -1.13. The second-order valence-corrected chi connectivity index (χ2v) is 4.84. The predicted molar refractivity (Wildman–Crippen MR) is 70.0 cm³/mol. The maximum absolute atomic E-state index is 12.0. The fourth-order valence-electron chi connectivity index (χ4n) is 1.88. The Morgan fingerprint density at radius 3 is 2.45 bits per heavy atom. The lowest BCUT2D eigenvalue weighted by atomic mass is 9.98. The molecule has 7 nitrogen and oxygen atoms in total. The van der Waals surface area contributed by atoms with Crippen molar-refractivity contribution >= 4 is 23.3 Å². The van der Waals surface area contributed by atoms with E-state index in [1.54, 1.807) is 0 Å². The third-order valence-corrected chi connectivity index (χ3v) is 3.73. The highest BCUT2D eigenvalue weighted by atomic mass is 32.1. The Morgan fingerprint density at radius 1 is 1.30 bits per heavy atom. The molecular formula is C12H13N3O4S. The Kier molecular flexibility index (Phi) is 4.46. The van der Waals surface area contributed by atoms with E-state index in [4.69, 9.17) is 9.47 Å². The number of thiophene rings is 1. The van der Waals surface area contributed by atoms with Crippen LogP contribution in [0.5, 0.6) is 0 Å². The van der Waals surface area contributed by atoms with Crippen molar-refractivity contribution in [1.29, 1.82) is 0 Å². The standard InChI is InChI=1S/C12H13N3O4S/c1-18-11(16)9(12(17)19-2)10(8-4-3-5-20-8)15-7-13-6-14-15/h3-7,9-10H,1-2H3. The molecule has 0 aromatic carbocycles. The number of methoxy groups -OCH3 is 2. The summed E-state index contributed by atoms with van der Waals surface area (Å²) in [6.07, 6.45) is 2.79. The SMILES string of the molecule is COC(=O)C(C(=O)OC)C(c1cccs1)n1cncn1. The quantitative estimate of drug-likeness (QED) is 0.602. The Bertz CT molecular complexity index is 517. The zero-order valence-corrected chi connectivity index (χ0v) is 11.7. The van der Waals surface area contributed by atoms with Gasteiger partial charge in [0, 0.05) is 4.88 Å². The first-order chi connectivity index (χ1) is 9.69. The summed E-state index contributed by atoms with van der Waals surface area (Å²) in [4.78, 5) is 28.6. The smallest absolute Gasteiger partial charge is 0.322 e. The number of ether oxygens (including phenoxy) is 2. The summed E-state index contributed by atoms with van der Waals surface area (Å²) in [5.74, 6) is -2.48. The number of esters is 2. The summed E-state index contributed by atoms with van der Waals surface area (Å²) in [7, 11) is 2.45. The predicted octanol–water partition coefficient (Wildman–Crippen LogP) is 0.891. The van der Waals surface area contributed by atoms with E-state index in [0.717, 1.165) is 4.88 Å². The van der Waals surface area contributed by atoms with Crippen LogP contribution in [-0.2, 0) is 19.1 Å². The molecule has 0 bridgehead atoms. The van der Waals surface area contributed by atoms with Crippen LogP contribution >= 0.6 is 11.3 Å².